The highest BCUT2D eigenvalue weighted by Crippen LogP contribution is 2.18. The molecule has 3 nitrogen and oxygen atoms in total. The van der Waals surface area contributed by atoms with Crippen LogP contribution in [0.2, 0.25) is 0 Å². The second-order valence-electron chi connectivity index (χ2n) is 4.91. The van der Waals surface area contributed by atoms with Gasteiger partial charge in [0, 0.05) is 18.8 Å². The Morgan fingerprint density at radius 2 is 1.94 bits per heavy atom. The van der Waals surface area contributed by atoms with Crippen LogP contribution in [-0.2, 0) is 13.6 Å². The summed E-state index contributed by atoms with van der Waals surface area (Å²) in [5, 5.41) is 5.68. The van der Waals surface area contributed by atoms with Crippen molar-refractivity contribution in [2.75, 3.05) is 0 Å². The van der Waals surface area contributed by atoms with E-state index in [1.807, 2.05) is 18.7 Å². The summed E-state index contributed by atoms with van der Waals surface area (Å²) in [4.78, 5) is 0. The summed E-state index contributed by atoms with van der Waals surface area (Å²) in [7, 11) is 2.00. The molecular weight excluding hydrogens is 222 g/mol. The minimum Gasteiger partial charge on any atom is -0.341 e. The number of aromatic nitrogens is 3. The van der Waals surface area contributed by atoms with Gasteiger partial charge in [0.05, 0.1) is 17.9 Å². The molecule has 0 saturated carbocycles. The molecule has 0 unspecified atom stereocenters. The normalized spacial score (nSPS) is 11.3. The molecule has 2 aromatic heterocycles. The van der Waals surface area contributed by atoms with Crippen LogP contribution in [0.5, 0.6) is 0 Å². The first-order valence-corrected chi connectivity index (χ1v) is 6.18. The summed E-state index contributed by atoms with van der Waals surface area (Å²) >= 11 is 0. The fourth-order valence-electron chi connectivity index (χ4n) is 2.42. The van der Waals surface area contributed by atoms with Gasteiger partial charge in [0.15, 0.2) is 0 Å². The maximum atomic E-state index is 4.39. The van der Waals surface area contributed by atoms with E-state index in [1.165, 1.54) is 22.2 Å². The molecule has 18 heavy (non-hydrogen) atoms. The molecule has 0 saturated heterocycles. The average Bonchev–Trinajstić information content (AvgIpc) is 2.84. The van der Waals surface area contributed by atoms with Crippen LogP contribution in [0, 0.1) is 13.8 Å². The van der Waals surface area contributed by atoms with Gasteiger partial charge in [0.1, 0.15) is 0 Å². The van der Waals surface area contributed by atoms with E-state index in [1.54, 1.807) is 0 Å². The molecule has 3 aromatic rings. The SMILES string of the molecule is Cc1ccc2ccn(Cc3cc(C)nn3C)c2c1. The van der Waals surface area contributed by atoms with Gasteiger partial charge in [-0.05, 0) is 43.0 Å². The first-order chi connectivity index (χ1) is 8.63. The van der Waals surface area contributed by atoms with Crippen molar-refractivity contribution >= 4 is 10.9 Å². The van der Waals surface area contributed by atoms with Crippen LogP contribution in [0.15, 0.2) is 36.5 Å². The van der Waals surface area contributed by atoms with Gasteiger partial charge in [-0.2, -0.15) is 5.10 Å². The summed E-state index contributed by atoms with van der Waals surface area (Å²) < 4.78 is 4.23. The number of nitrogens with zero attached hydrogens (tertiary/aromatic N) is 3. The zero-order valence-electron chi connectivity index (χ0n) is 11.0. The molecule has 0 N–H and O–H groups in total. The third-order valence-electron chi connectivity index (χ3n) is 3.36. The summed E-state index contributed by atoms with van der Waals surface area (Å²) in [5.41, 5.74) is 4.88. The van der Waals surface area contributed by atoms with E-state index in [0.29, 0.717) is 0 Å². The largest absolute Gasteiger partial charge is 0.341 e. The molecule has 3 heteroatoms. The van der Waals surface area contributed by atoms with Crippen LogP contribution >= 0.6 is 0 Å². The average molecular weight is 239 g/mol. The van der Waals surface area contributed by atoms with Crippen LogP contribution in [0.3, 0.4) is 0 Å². The number of fused-ring (bicyclic) bond motifs is 1. The quantitative estimate of drug-likeness (QED) is 0.674. The van der Waals surface area contributed by atoms with E-state index in [2.05, 4.69) is 53.1 Å². The second kappa shape index (κ2) is 4.02. The summed E-state index contributed by atoms with van der Waals surface area (Å²) in [6, 6.07) is 10.9. The Bertz CT molecular complexity index is 704. The molecular formula is C15H17N3. The van der Waals surface area contributed by atoms with E-state index >= 15 is 0 Å². The molecule has 0 amide bonds. The number of hydrogen-bond acceptors (Lipinski definition) is 1. The van der Waals surface area contributed by atoms with Crippen molar-refractivity contribution in [2.45, 2.75) is 20.4 Å². The lowest BCUT2D eigenvalue weighted by molar-refractivity contribution is 0.673. The Labute approximate surface area is 107 Å². The van der Waals surface area contributed by atoms with Gasteiger partial charge in [-0.25, -0.2) is 0 Å². The van der Waals surface area contributed by atoms with E-state index in [-0.39, 0.29) is 0 Å². The highest BCUT2D eigenvalue weighted by Gasteiger charge is 2.06. The van der Waals surface area contributed by atoms with Crippen molar-refractivity contribution in [3.05, 3.63) is 53.5 Å². The minimum atomic E-state index is 0.865. The molecule has 2 heterocycles. The van der Waals surface area contributed by atoms with Gasteiger partial charge in [-0.15, -0.1) is 0 Å². The highest BCUT2D eigenvalue weighted by molar-refractivity contribution is 5.80. The summed E-state index contributed by atoms with van der Waals surface area (Å²) in [5.74, 6) is 0. The van der Waals surface area contributed by atoms with Crippen LogP contribution in [0.1, 0.15) is 17.0 Å². The fourth-order valence-corrected chi connectivity index (χ4v) is 2.42. The molecule has 0 aliphatic heterocycles. The second-order valence-corrected chi connectivity index (χ2v) is 4.91. The van der Waals surface area contributed by atoms with Crippen molar-refractivity contribution in [2.24, 2.45) is 7.05 Å². The lowest BCUT2D eigenvalue weighted by Crippen LogP contribution is -2.04. The van der Waals surface area contributed by atoms with Crippen LogP contribution in [0.25, 0.3) is 10.9 Å². The van der Waals surface area contributed by atoms with Crippen molar-refractivity contribution in [1.29, 1.82) is 0 Å². The standard InChI is InChI=1S/C15H17N3/c1-11-4-5-13-6-7-18(15(13)8-11)10-14-9-12(2)16-17(14)3/h4-9H,10H2,1-3H3. The van der Waals surface area contributed by atoms with Gasteiger partial charge in [0.2, 0.25) is 0 Å². The van der Waals surface area contributed by atoms with Crippen molar-refractivity contribution in [3.8, 4) is 0 Å². The Morgan fingerprint density at radius 3 is 2.67 bits per heavy atom. The molecule has 0 fully saturated rings. The van der Waals surface area contributed by atoms with Gasteiger partial charge in [-0.3, -0.25) is 4.68 Å². The van der Waals surface area contributed by atoms with E-state index in [9.17, 15) is 0 Å². The Hall–Kier alpha value is -2.03. The predicted molar refractivity (Wildman–Crippen MR) is 73.7 cm³/mol. The zero-order chi connectivity index (χ0) is 12.7. The van der Waals surface area contributed by atoms with E-state index in [4.69, 9.17) is 0 Å². The molecule has 0 radical (unpaired) electrons. The molecule has 0 spiro atoms. The van der Waals surface area contributed by atoms with Gasteiger partial charge >= 0.3 is 0 Å². The number of hydrogen-bond donors (Lipinski definition) is 0. The van der Waals surface area contributed by atoms with Crippen LogP contribution in [0.4, 0.5) is 0 Å². The van der Waals surface area contributed by atoms with Crippen LogP contribution in [-0.4, -0.2) is 14.3 Å². The van der Waals surface area contributed by atoms with Crippen molar-refractivity contribution in [1.82, 2.24) is 14.3 Å². The highest BCUT2D eigenvalue weighted by atomic mass is 15.3. The minimum absolute atomic E-state index is 0.865. The van der Waals surface area contributed by atoms with Crippen molar-refractivity contribution < 1.29 is 0 Å². The molecule has 0 aliphatic carbocycles. The predicted octanol–water partition coefficient (Wildman–Crippen LogP) is 3.04. The van der Waals surface area contributed by atoms with E-state index in [0.717, 1.165) is 12.2 Å². The third-order valence-corrected chi connectivity index (χ3v) is 3.36. The smallest absolute Gasteiger partial charge is 0.0645 e. The molecule has 0 aliphatic rings. The van der Waals surface area contributed by atoms with Crippen molar-refractivity contribution in [3.63, 3.8) is 0 Å². The van der Waals surface area contributed by atoms with Gasteiger partial charge in [0.25, 0.3) is 0 Å². The maximum absolute atomic E-state index is 4.39. The van der Waals surface area contributed by atoms with Gasteiger partial charge < -0.3 is 4.57 Å². The number of aryl methyl sites for hydroxylation is 3. The fraction of sp³-hybridized carbons (Fsp3) is 0.267. The summed E-state index contributed by atoms with van der Waals surface area (Å²) in [6.45, 7) is 5.02. The summed E-state index contributed by atoms with van der Waals surface area (Å²) in [6.07, 6.45) is 2.15. The molecule has 92 valence electrons. The lowest BCUT2D eigenvalue weighted by atomic mass is 10.2. The lowest BCUT2D eigenvalue weighted by Gasteiger charge is -2.06. The maximum Gasteiger partial charge on any atom is 0.0645 e. The first-order valence-electron chi connectivity index (χ1n) is 6.18. The molecule has 0 bridgehead atoms. The zero-order valence-corrected chi connectivity index (χ0v) is 11.0. The third kappa shape index (κ3) is 1.82. The number of benzene rings is 1. The van der Waals surface area contributed by atoms with Crippen LogP contribution < -0.4 is 0 Å². The van der Waals surface area contributed by atoms with Gasteiger partial charge in [-0.1, -0.05) is 12.1 Å². The Morgan fingerprint density at radius 1 is 1.11 bits per heavy atom. The molecule has 0 atom stereocenters. The Balaban J connectivity index is 2.05. The van der Waals surface area contributed by atoms with E-state index < -0.39 is 0 Å². The monoisotopic (exact) mass is 239 g/mol. The molecule has 1 aromatic carbocycles. The Kier molecular flexibility index (Phi) is 2.47. The molecule has 3 rings (SSSR count). The topological polar surface area (TPSA) is 22.8 Å². The number of rotatable bonds is 2. The first kappa shape index (κ1) is 11.1.